The fraction of sp³-hybridized carbons (Fsp3) is 0.643. The highest BCUT2D eigenvalue weighted by atomic mass is 16.5. The zero-order valence-electron chi connectivity index (χ0n) is 12.5. The maximum Gasteiger partial charge on any atom is 0.305 e. The van der Waals surface area contributed by atoms with Crippen LogP contribution in [-0.4, -0.2) is 37.0 Å². The van der Waals surface area contributed by atoms with Crippen LogP contribution in [0.4, 0.5) is 0 Å². The van der Waals surface area contributed by atoms with E-state index in [4.69, 9.17) is 0 Å². The van der Waals surface area contributed by atoms with Crippen LogP contribution < -0.4 is 10.6 Å². The molecule has 0 bridgehead atoms. The van der Waals surface area contributed by atoms with Crippen molar-refractivity contribution < 1.29 is 19.1 Å². The van der Waals surface area contributed by atoms with Crippen LogP contribution in [-0.2, 0) is 19.1 Å². The monoisotopic (exact) mass is 284 g/mol. The van der Waals surface area contributed by atoms with Gasteiger partial charge in [0.2, 0.25) is 11.8 Å². The Bertz CT molecular complexity index is 364. The zero-order chi connectivity index (χ0) is 15.6. The van der Waals surface area contributed by atoms with Gasteiger partial charge in [-0.3, -0.25) is 14.4 Å². The van der Waals surface area contributed by atoms with Crippen molar-refractivity contribution in [2.45, 2.75) is 45.1 Å². The number of hydrogen-bond acceptors (Lipinski definition) is 4. The SMILES string of the molecule is C=CC(=O)NC(C)(C)C(=O)NCCCCCC(=O)OC. The van der Waals surface area contributed by atoms with Crippen LogP contribution in [0.2, 0.25) is 0 Å². The lowest BCUT2D eigenvalue weighted by Crippen LogP contribution is -2.54. The van der Waals surface area contributed by atoms with Gasteiger partial charge in [0.05, 0.1) is 7.11 Å². The predicted octanol–water partition coefficient (Wildman–Crippen LogP) is 0.917. The molecule has 20 heavy (non-hydrogen) atoms. The average Bonchev–Trinajstić information content (AvgIpc) is 2.41. The third-order valence-electron chi connectivity index (χ3n) is 2.76. The molecular weight excluding hydrogens is 260 g/mol. The summed E-state index contributed by atoms with van der Waals surface area (Å²) in [5, 5.41) is 5.30. The third kappa shape index (κ3) is 7.56. The summed E-state index contributed by atoms with van der Waals surface area (Å²) >= 11 is 0. The van der Waals surface area contributed by atoms with Crippen molar-refractivity contribution in [2.24, 2.45) is 0 Å². The molecule has 0 spiro atoms. The highest BCUT2D eigenvalue weighted by molar-refractivity contribution is 5.94. The summed E-state index contributed by atoms with van der Waals surface area (Å²) in [5.74, 6) is -0.855. The lowest BCUT2D eigenvalue weighted by molar-refractivity contribution is -0.140. The molecule has 0 aromatic heterocycles. The lowest BCUT2D eigenvalue weighted by Gasteiger charge is -2.24. The van der Waals surface area contributed by atoms with Crippen molar-refractivity contribution in [3.8, 4) is 0 Å². The molecule has 0 atom stereocenters. The Hall–Kier alpha value is -1.85. The van der Waals surface area contributed by atoms with Gasteiger partial charge in [-0.2, -0.15) is 0 Å². The number of carbonyl (C=O) groups is 3. The third-order valence-corrected chi connectivity index (χ3v) is 2.76. The van der Waals surface area contributed by atoms with Crippen LogP contribution in [0.1, 0.15) is 39.5 Å². The number of carbonyl (C=O) groups excluding carboxylic acids is 3. The Morgan fingerprint density at radius 3 is 2.40 bits per heavy atom. The molecule has 2 amide bonds. The first kappa shape index (κ1) is 18.1. The van der Waals surface area contributed by atoms with Gasteiger partial charge in [-0.05, 0) is 32.8 Å². The van der Waals surface area contributed by atoms with E-state index in [9.17, 15) is 14.4 Å². The van der Waals surface area contributed by atoms with E-state index in [2.05, 4.69) is 21.9 Å². The Morgan fingerprint density at radius 1 is 1.20 bits per heavy atom. The van der Waals surface area contributed by atoms with E-state index in [0.717, 1.165) is 25.3 Å². The number of unbranched alkanes of at least 4 members (excludes halogenated alkanes) is 2. The summed E-state index contributed by atoms with van der Waals surface area (Å²) in [6.45, 7) is 7.10. The highest BCUT2D eigenvalue weighted by Crippen LogP contribution is 2.04. The largest absolute Gasteiger partial charge is 0.469 e. The van der Waals surface area contributed by atoms with Crippen molar-refractivity contribution in [1.29, 1.82) is 0 Å². The smallest absolute Gasteiger partial charge is 0.305 e. The number of nitrogens with one attached hydrogen (secondary N) is 2. The molecule has 0 unspecified atom stereocenters. The van der Waals surface area contributed by atoms with Crippen LogP contribution in [0.15, 0.2) is 12.7 Å². The van der Waals surface area contributed by atoms with Gasteiger partial charge < -0.3 is 15.4 Å². The van der Waals surface area contributed by atoms with Crippen molar-refractivity contribution >= 4 is 17.8 Å². The fourth-order valence-corrected chi connectivity index (χ4v) is 1.51. The minimum Gasteiger partial charge on any atom is -0.469 e. The Labute approximate surface area is 119 Å². The Balaban J connectivity index is 3.84. The van der Waals surface area contributed by atoms with Gasteiger partial charge in [0, 0.05) is 13.0 Å². The first-order valence-electron chi connectivity index (χ1n) is 6.63. The lowest BCUT2D eigenvalue weighted by atomic mass is 10.0. The molecule has 0 saturated heterocycles. The Kier molecular flexibility index (Phi) is 8.27. The van der Waals surface area contributed by atoms with Gasteiger partial charge in [0.15, 0.2) is 0 Å². The van der Waals surface area contributed by atoms with Crippen molar-refractivity contribution in [1.82, 2.24) is 10.6 Å². The average molecular weight is 284 g/mol. The van der Waals surface area contributed by atoms with Crippen LogP contribution >= 0.6 is 0 Å². The topological polar surface area (TPSA) is 84.5 Å². The van der Waals surface area contributed by atoms with Crippen LogP contribution in [0, 0.1) is 0 Å². The summed E-state index contributed by atoms with van der Waals surface area (Å²) < 4.78 is 4.53. The highest BCUT2D eigenvalue weighted by Gasteiger charge is 2.28. The quantitative estimate of drug-likeness (QED) is 0.374. The first-order valence-corrected chi connectivity index (χ1v) is 6.63. The molecule has 0 saturated carbocycles. The normalized spacial score (nSPS) is 10.6. The van der Waals surface area contributed by atoms with Gasteiger partial charge in [0.1, 0.15) is 5.54 Å². The first-order chi connectivity index (χ1) is 9.33. The molecule has 0 rings (SSSR count). The molecule has 0 aliphatic carbocycles. The second kappa shape index (κ2) is 9.12. The van der Waals surface area contributed by atoms with Crippen LogP contribution in [0.25, 0.3) is 0 Å². The zero-order valence-corrected chi connectivity index (χ0v) is 12.5. The summed E-state index contributed by atoms with van der Waals surface area (Å²) in [7, 11) is 1.36. The molecule has 0 radical (unpaired) electrons. The molecule has 0 aliphatic heterocycles. The predicted molar refractivity (Wildman–Crippen MR) is 75.9 cm³/mol. The van der Waals surface area contributed by atoms with Crippen LogP contribution in [0.3, 0.4) is 0 Å². The van der Waals surface area contributed by atoms with Gasteiger partial charge >= 0.3 is 5.97 Å². The molecule has 6 heteroatoms. The minimum atomic E-state index is -0.975. The van der Waals surface area contributed by atoms with Crippen molar-refractivity contribution in [3.63, 3.8) is 0 Å². The van der Waals surface area contributed by atoms with E-state index in [1.54, 1.807) is 13.8 Å². The Morgan fingerprint density at radius 2 is 1.85 bits per heavy atom. The second-order valence-corrected chi connectivity index (χ2v) is 4.96. The summed E-state index contributed by atoms with van der Waals surface area (Å²) in [6.07, 6.45) is 3.86. The molecule has 6 nitrogen and oxygen atoms in total. The molecular formula is C14H24N2O4. The van der Waals surface area contributed by atoms with Gasteiger partial charge in [-0.1, -0.05) is 13.0 Å². The molecule has 2 N–H and O–H groups in total. The second-order valence-electron chi connectivity index (χ2n) is 4.96. The van der Waals surface area contributed by atoms with E-state index in [-0.39, 0.29) is 17.8 Å². The van der Waals surface area contributed by atoms with E-state index in [0.29, 0.717) is 13.0 Å². The van der Waals surface area contributed by atoms with E-state index < -0.39 is 5.54 Å². The number of methoxy groups -OCH3 is 1. The summed E-state index contributed by atoms with van der Waals surface area (Å²) in [6, 6.07) is 0. The summed E-state index contributed by atoms with van der Waals surface area (Å²) in [5.41, 5.74) is -0.975. The molecule has 0 fully saturated rings. The summed E-state index contributed by atoms with van der Waals surface area (Å²) in [4.78, 5) is 33.9. The number of esters is 1. The van der Waals surface area contributed by atoms with Crippen molar-refractivity contribution in [3.05, 3.63) is 12.7 Å². The van der Waals surface area contributed by atoms with Crippen molar-refractivity contribution in [2.75, 3.05) is 13.7 Å². The van der Waals surface area contributed by atoms with Gasteiger partial charge in [0.25, 0.3) is 0 Å². The van der Waals surface area contributed by atoms with Gasteiger partial charge in [-0.15, -0.1) is 0 Å². The molecule has 0 heterocycles. The number of amides is 2. The maximum atomic E-state index is 11.9. The maximum absolute atomic E-state index is 11.9. The molecule has 0 aromatic carbocycles. The van der Waals surface area contributed by atoms with E-state index >= 15 is 0 Å². The fourth-order valence-electron chi connectivity index (χ4n) is 1.51. The minimum absolute atomic E-state index is 0.220. The number of rotatable bonds is 9. The van der Waals surface area contributed by atoms with E-state index in [1.807, 2.05) is 0 Å². The molecule has 0 aromatic rings. The van der Waals surface area contributed by atoms with E-state index in [1.165, 1.54) is 7.11 Å². The number of ether oxygens (including phenoxy) is 1. The number of hydrogen-bond donors (Lipinski definition) is 2. The van der Waals surface area contributed by atoms with Gasteiger partial charge in [-0.25, -0.2) is 0 Å². The van der Waals surface area contributed by atoms with Crippen LogP contribution in [0.5, 0.6) is 0 Å². The molecule has 114 valence electrons. The standard InChI is InChI=1S/C14H24N2O4/c1-5-11(17)16-14(2,3)13(19)15-10-8-6-7-9-12(18)20-4/h5H,1,6-10H2,2-4H3,(H,15,19)(H,16,17). The molecule has 0 aliphatic rings.